The molecule has 0 N–H and O–H groups in total. The Morgan fingerprint density at radius 2 is 2.46 bits per heavy atom. The highest BCUT2D eigenvalue weighted by Crippen LogP contribution is 2.18. The summed E-state index contributed by atoms with van der Waals surface area (Å²) in [5.41, 5.74) is 0.516. The molecule has 0 amide bonds. The topological polar surface area (TPSA) is 55.1 Å². The van der Waals surface area contributed by atoms with E-state index in [2.05, 4.69) is 4.98 Å². The second-order valence-corrected chi connectivity index (χ2v) is 2.76. The van der Waals surface area contributed by atoms with E-state index in [0.29, 0.717) is 24.5 Å². The predicted molar refractivity (Wildman–Crippen MR) is 44.2 cm³/mol. The fourth-order valence-electron chi connectivity index (χ4n) is 1.03. The third-order valence-corrected chi connectivity index (χ3v) is 1.81. The van der Waals surface area contributed by atoms with Gasteiger partial charge >= 0.3 is 0 Å². The van der Waals surface area contributed by atoms with Gasteiger partial charge in [-0.3, -0.25) is 4.98 Å². The number of ether oxygens (including phenoxy) is 2. The largest absolute Gasteiger partial charge is 0.483 e. The van der Waals surface area contributed by atoms with Gasteiger partial charge in [0.05, 0.1) is 25.0 Å². The molecule has 0 aliphatic carbocycles. The first-order valence-corrected chi connectivity index (χ1v) is 3.98. The van der Waals surface area contributed by atoms with Crippen molar-refractivity contribution < 1.29 is 9.47 Å². The van der Waals surface area contributed by atoms with Crippen LogP contribution in [0.1, 0.15) is 5.56 Å². The van der Waals surface area contributed by atoms with Crippen molar-refractivity contribution in [3.05, 3.63) is 24.0 Å². The van der Waals surface area contributed by atoms with Crippen LogP contribution in [-0.4, -0.2) is 24.3 Å². The summed E-state index contributed by atoms with van der Waals surface area (Å²) >= 11 is 0. The van der Waals surface area contributed by atoms with Gasteiger partial charge in [0.15, 0.2) is 5.75 Å². The van der Waals surface area contributed by atoms with Crippen molar-refractivity contribution >= 4 is 0 Å². The van der Waals surface area contributed by atoms with Crippen molar-refractivity contribution in [2.45, 2.75) is 6.10 Å². The van der Waals surface area contributed by atoms with Crippen LogP contribution in [0.25, 0.3) is 0 Å². The number of nitrogens with zero attached hydrogens (tertiary/aromatic N) is 2. The molecule has 0 bridgehead atoms. The molecular weight excluding hydrogens is 168 g/mol. The lowest BCUT2D eigenvalue weighted by molar-refractivity contribution is -0.0798. The molecule has 4 heteroatoms. The van der Waals surface area contributed by atoms with Crippen molar-refractivity contribution in [2.75, 3.05) is 13.2 Å². The van der Waals surface area contributed by atoms with E-state index in [0.717, 1.165) is 0 Å². The van der Waals surface area contributed by atoms with Crippen molar-refractivity contribution in [2.24, 2.45) is 0 Å². The molecule has 13 heavy (non-hydrogen) atoms. The molecule has 2 heterocycles. The molecule has 1 saturated heterocycles. The molecule has 4 nitrogen and oxygen atoms in total. The normalized spacial score (nSPS) is 15.9. The van der Waals surface area contributed by atoms with Crippen LogP contribution in [0.4, 0.5) is 0 Å². The molecule has 1 aromatic heterocycles. The number of rotatable bonds is 2. The number of hydrogen-bond donors (Lipinski definition) is 0. The van der Waals surface area contributed by atoms with Crippen molar-refractivity contribution in [3.8, 4) is 11.8 Å². The van der Waals surface area contributed by atoms with Gasteiger partial charge in [0, 0.05) is 6.20 Å². The van der Waals surface area contributed by atoms with Crippen LogP contribution in [0.15, 0.2) is 18.5 Å². The summed E-state index contributed by atoms with van der Waals surface area (Å²) in [4.78, 5) is 3.89. The Morgan fingerprint density at radius 3 is 3.08 bits per heavy atom. The molecule has 0 spiro atoms. The molecule has 2 rings (SSSR count). The molecule has 0 unspecified atom stereocenters. The van der Waals surface area contributed by atoms with Gasteiger partial charge in [-0.25, -0.2) is 0 Å². The van der Waals surface area contributed by atoms with E-state index in [1.165, 1.54) is 0 Å². The van der Waals surface area contributed by atoms with Gasteiger partial charge in [-0.2, -0.15) is 5.26 Å². The fraction of sp³-hybridized carbons (Fsp3) is 0.333. The molecule has 0 radical (unpaired) electrons. The molecule has 66 valence electrons. The monoisotopic (exact) mass is 176 g/mol. The van der Waals surface area contributed by atoms with E-state index in [1.807, 2.05) is 6.07 Å². The van der Waals surface area contributed by atoms with Crippen molar-refractivity contribution in [1.29, 1.82) is 5.26 Å². The van der Waals surface area contributed by atoms with E-state index < -0.39 is 0 Å². The average Bonchev–Trinajstić information content (AvgIpc) is 2.12. The maximum absolute atomic E-state index is 8.73. The first-order valence-electron chi connectivity index (χ1n) is 3.98. The van der Waals surface area contributed by atoms with Gasteiger partial charge in [-0.15, -0.1) is 0 Å². The molecule has 1 aliphatic heterocycles. The van der Waals surface area contributed by atoms with Crippen LogP contribution in [0.3, 0.4) is 0 Å². The Hall–Kier alpha value is -1.60. The number of pyridine rings is 1. The van der Waals surface area contributed by atoms with Crippen LogP contribution in [0, 0.1) is 11.3 Å². The lowest BCUT2D eigenvalue weighted by Gasteiger charge is -2.26. The minimum absolute atomic E-state index is 0.0799. The second-order valence-electron chi connectivity index (χ2n) is 2.76. The van der Waals surface area contributed by atoms with Crippen LogP contribution < -0.4 is 4.74 Å². The summed E-state index contributed by atoms with van der Waals surface area (Å²) in [6, 6.07) is 3.68. The lowest BCUT2D eigenvalue weighted by Crippen LogP contribution is -2.38. The minimum atomic E-state index is 0.0799. The number of hydrogen-bond acceptors (Lipinski definition) is 4. The first kappa shape index (κ1) is 8.02. The SMILES string of the molecule is N#Cc1ccncc1OC1COC1. The van der Waals surface area contributed by atoms with Gasteiger partial charge in [-0.1, -0.05) is 0 Å². The number of aromatic nitrogens is 1. The van der Waals surface area contributed by atoms with E-state index in [-0.39, 0.29) is 6.10 Å². The maximum Gasteiger partial charge on any atom is 0.156 e. The Labute approximate surface area is 75.7 Å². The predicted octanol–water partition coefficient (Wildman–Crippen LogP) is 0.731. The Bertz CT molecular complexity index is 342. The zero-order valence-electron chi connectivity index (χ0n) is 6.93. The summed E-state index contributed by atoms with van der Waals surface area (Å²) in [5.74, 6) is 0.540. The lowest BCUT2D eigenvalue weighted by atomic mass is 10.2. The van der Waals surface area contributed by atoms with Crippen LogP contribution >= 0.6 is 0 Å². The molecule has 1 fully saturated rings. The highest BCUT2D eigenvalue weighted by Gasteiger charge is 2.21. The zero-order chi connectivity index (χ0) is 9.10. The fourth-order valence-corrected chi connectivity index (χ4v) is 1.03. The third-order valence-electron chi connectivity index (χ3n) is 1.81. The van der Waals surface area contributed by atoms with Crippen molar-refractivity contribution in [3.63, 3.8) is 0 Å². The van der Waals surface area contributed by atoms with Crippen molar-refractivity contribution in [1.82, 2.24) is 4.98 Å². The average molecular weight is 176 g/mol. The quantitative estimate of drug-likeness (QED) is 0.666. The van der Waals surface area contributed by atoms with Gasteiger partial charge in [-0.05, 0) is 6.07 Å². The summed E-state index contributed by atoms with van der Waals surface area (Å²) in [6.07, 6.45) is 3.20. The highest BCUT2D eigenvalue weighted by atomic mass is 16.6. The van der Waals surface area contributed by atoms with Gasteiger partial charge in [0.1, 0.15) is 12.2 Å². The Kier molecular flexibility index (Phi) is 2.11. The van der Waals surface area contributed by atoms with Crippen LogP contribution in [0.5, 0.6) is 5.75 Å². The van der Waals surface area contributed by atoms with E-state index in [4.69, 9.17) is 14.7 Å². The summed E-state index contributed by atoms with van der Waals surface area (Å²) in [7, 11) is 0. The van der Waals surface area contributed by atoms with Crippen LogP contribution in [-0.2, 0) is 4.74 Å². The maximum atomic E-state index is 8.73. The van der Waals surface area contributed by atoms with Gasteiger partial charge in [0.25, 0.3) is 0 Å². The smallest absolute Gasteiger partial charge is 0.156 e. The molecule has 1 aromatic rings. The van der Waals surface area contributed by atoms with Gasteiger partial charge in [0.2, 0.25) is 0 Å². The molecule has 0 aromatic carbocycles. The zero-order valence-corrected chi connectivity index (χ0v) is 6.93. The second kappa shape index (κ2) is 3.42. The van der Waals surface area contributed by atoms with E-state index in [9.17, 15) is 0 Å². The molecule has 0 saturated carbocycles. The Morgan fingerprint density at radius 1 is 1.62 bits per heavy atom. The first-order chi connectivity index (χ1) is 6.40. The van der Waals surface area contributed by atoms with E-state index >= 15 is 0 Å². The van der Waals surface area contributed by atoms with E-state index in [1.54, 1.807) is 18.5 Å². The highest BCUT2D eigenvalue weighted by molar-refractivity contribution is 5.40. The minimum Gasteiger partial charge on any atom is -0.483 e. The summed E-state index contributed by atoms with van der Waals surface area (Å²) in [6.45, 7) is 1.19. The number of nitriles is 1. The molecule has 0 atom stereocenters. The summed E-state index contributed by atoms with van der Waals surface area (Å²) in [5, 5.41) is 8.73. The van der Waals surface area contributed by atoms with Gasteiger partial charge < -0.3 is 9.47 Å². The third kappa shape index (κ3) is 1.60. The molecular formula is C9H8N2O2. The van der Waals surface area contributed by atoms with Crippen LogP contribution in [0.2, 0.25) is 0 Å². The standard InChI is InChI=1S/C9H8N2O2/c10-3-7-1-2-11-4-9(7)13-8-5-12-6-8/h1-2,4,8H,5-6H2. The Balaban J connectivity index is 2.14. The summed E-state index contributed by atoms with van der Waals surface area (Å²) < 4.78 is 10.4. The molecule has 1 aliphatic rings.